The SMILES string of the molecule is C=CCn1c(SCC(=O)N2CCN(c3ccccc3)CC2)nnc1-c1cc2cccc(OC)c2o1. The van der Waals surface area contributed by atoms with Crippen LogP contribution < -0.4 is 9.64 Å². The molecule has 1 saturated heterocycles. The predicted octanol–water partition coefficient (Wildman–Crippen LogP) is 4.33. The van der Waals surface area contributed by atoms with E-state index < -0.39 is 0 Å². The smallest absolute Gasteiger partial charge is 0.233 e. The van der Waals surface area contributed by atoms with E-state index in [2.05, 4.69) is 33.8 Å². The van der Waals surface area contributed by atoms with Gasteiger partial charge in [-0.05, 0) is 24.3 Å². The highest BCUT2D eigenvalue weighted by Crippen LogP contribution is 2.34. The summed E-state index contributed by atoms with van der Waals surface area (Å²) in [7, 11) is 1.62. The second-order valence-electron chi connectivity index (χ2n) is 8.19. The second-order valence-corrected chi connectivity index (χ2v) is 9.13. The molecule has 1 aliphatic heterocycles. The first-order chi connectivity index (χ1) is 17.2. The Bertz CT molecular complexity index is 1330. The van der Waals surface area contributed by atoms with Gasteiger partial charge in [-0.3, -0.25) is 9.36 Å². The zero-order chi connectivity index (χ0) is 24.2. The lowest BCUT2D eigenvalue weighted by molar-refractivity contribution is -0.128. The molecule has 3 heterocycles. The summed E-state index contributed by atoms with van der Waals surface area (Å²) in [6, 6.07) is 18.0. The average molecular weight is 490 g/mol. The molecule has 1 aliphatic rings. The van der Waals surface area contributed by atoms with Crippen molar-refractivity contribution in [2.75, 3.05) is 43.9 Å². The number of piperazine rings is 1. The molecule has 1 fully saturated rings. The molecular weight excluding hydrogens is 462 g/mol. The Hall–Kier alpha value is -3.72. The Morgan fingerprint density at radius 2 is 1.91 bits per heavy atom. The van der Waals surface area contributed by atoms with Crippen molar-refractivity contribution in [2.24, 2.45) is 0 Å². The number of carbonyl (C=O) groups is 1. The zero-order valence-corrected chi connectivity index (χ0v) is 20.4. The minimum absolute atomic E-state index is 0.103. The third kappa shape index (κ3) is 4.77. The van der Waals surface area contributed by atoms with Crippen LogP contribution in [0.15, 0.2) is 76.8 Å². The number of rotatable bonds is 8. The van der Waals surface area contributed by atoms with Crippen LogP contribution >= 0.6 is 11.8 Å². The summed E-state index contributed by atoms with van der Waals surface area (Å²) in [5, 5.41) is 10.3. The van der Waals surface area contributed by atoms with Crippen LogP contribution in [0.25, 0.3) is 22.6 Å². The van der Waals surface area contributed by atoms with Crippen LogP contribution in [0.3, 0.4) is 0 Å². The second kappa shape index (κ2) is 10.3. The average Bonchev–Trinajstić information content (AvgIpc) is 3.52. The van der Waals surface area contributed by atoms with Gasteiger partial charge in [0.15, 0.2) is 22.2 Å². The van der Waals surface area contributed by atoms with Gasteiger partial charge in [-0.25, -0.2) is 0 Å². The number of aromatic nitrogens is 3. The molecule has 35 heavy (non-hydrogen) atoms. The molecule has 1 amide bonds. The molecule has 0 N–H and O–H groups in total. The summed E-state index contributed by atoms with van der Waals surface area (Å²) >= 11 is 1.39. The summed E-state index contributed by atoms with van der Waals surface area (Å²) in [6.07, 6.45) is 1.78. The van der Waals surface area contributed by atoms with Gasteiger partial charge >= 0.3 is 0 Å². The number of benzene rings is 2. The Morgan fingerprint density at radius 3 is 2.66 bits per heavy atom. The number of carbonyl (C=O) groups excluding carboxylic acids is 1. The van der Waals surface area contributed by atoms with Gasteiger partial charge in [0.05, 0.1) is 12.9 Å². The van der Waals surface area contributed by atoms with Gasteiger partial charge in [-0.1, -0.05) is 48.2 Å². The van der Waals surface area contributed by atoms with E-state index in [4.69, 9.17) is 9.15 Å². The quantitative estimate of drug-likeness (QED) is 0.269. The van der Waals surface area contributed by atoms with E-state index in [0.717, 1.165) is 18.5 Å². The molecule has 8 nitrogen and oxygen atoms in total. The minimum Gasteiger partial charge on any atom is -0.493 e. The number of methoxy groups -OCH3 is 1. The summed E-state index contributed by atoms with van der Waals surface area (Å²) in [5.41, 5.74) is 1.86. The molecule has 5 rings (SSSR count). The van der Waals surface area contributed by atoms with E-state index in [1.807, 2.05) is 51.9 Å². The fourth-order valence-electron chi connectivity index (χ4n) is 4.25. The van der Waals surface area contributed by atoms with Gasteiger partial charge in [0.1, 0.15) is 0 Å². The van der Waals surface area contributed by atoms with E-state index in [9.17, 15) is 4.79 Å². The van der Waals surface area contributed by atoms with Crippen LogP contribution in [0.4, 0.5) is 5.69 Å². The number of hydrogen-bond donors (Lipinski definition) is 0. The summed E-state index contributed by atoms with van der Waals surface area (Å²) in [5.74, 6) is 2.25. The molecule has 4 aromatic rings. The van der Waals surface area contributed by atoms with Crippen molar-refractivity contribution >= 4 is 34.3 Å². The number of thioether (sulfide) groups is 1. The number of ether oxygens (including phenoxy) is 1. The topological polar surface area (TPSA) is 76.6 Å². The van der Waals surface area contributed by atoms with E-state index in [0.29, 0.717) is 53.5 Å². The number of para-hydroxylation sites is 2. The number of amides is 1. The zero-order valence-electron chi connectivity index (χ0n) is 19.6. The van der Waals surface area contributed by atoms with Gasteiger partial charge in [0.2, 0.25) is 11.7 Å². The number of nitrogens with zero attached hydrogens (tertiary/aromatic N) is 5. The highest BCUT2D eigenvalue weighted by Gasteiger charge is 2.23. The van der Waals surface area contributed by atoms with Crippen molar-refractivity contribution in [3.8, 4) is 17.3 Å². The fraction of sp³-hybridized carbons (Fsp3) is 0.269. The highest BCUT2D eigenvalue weighted by molar-refractivity contribution is 7.99. The molecule has 0 radical (unpaired) electrons. The molecular formula is C26H27N5O3S. The normalized spacial score (nSPS) is 13.9. The Kier molecular flexibility index (Phi) is 6.76. The van der Waals surface area contributed by atoms with Crippen molar-refractivity contribution in [3.63, 3.8) is 0 Å². The molecule has 0 unspecified atom stereocenters. The van der Waals surface area contributed by atoms with Crippen LogP contribution in [0.2, 0.25) is 0 Å². The van der Waals surface area contributed by atoms with Crippen LogP contribution in [0, 0.1) is 0 Å². The molecule has 180 valence electrons. The summed E-state index contributed by atoms with van der Waals surface area (Å²) in [4.78, 5) is 17.2. The van der Waals surface area contributed by atoms with Gasteiger partial charge in [-0.2, -0.15) is 0 Å². The fourth-order valence-corrected chi connectivity index (χ4v) is 5.10. The molecule has 0 aliphatic carbocycles. The molecule has 0 atom stereocenters. The van der Waals surface area contributed by atoms with Gasteiger partial charge in [-0.15, -0.1) is 16.8 Å². The highest BCUT2D eigenvalue weighted by atomic mass is 32.2. The van der Waals surface area contributed by atoms with Gasteiger partial charge < -0.3 is 19.0 Å². The van der Waals surface area contributed by atoms with Crippen molar-refractivity contribution in [3.05, 3.63) is 67.3 Å². The number of fused-ring (bicyclic) bond motifs is 1. The first-order valence-electron chi connectivity index (χ1n) is 11.5. The first kappa shape index (κ1) is 23.0. The third-order valence-electron chi connectivity index (χ3n) is 6.06. The predicted molar refractivity (Wildman–Crippen MR) is 138 cm³/mol. The maximum atomic E-state index is 12.9. The Labute approximate surface area is 208 Å². The van der Waals surface area contributed by atoms with Crippen molar-refractivity contribution in [1.29, 1.82) is 0 Å². The van der Waals surface area contributed by atoms with Crippen LogP contribution in [-0.2, 0) is 11.3 Å². The van der Waals surface area contributed by atoms with Crippen LogP contribution in [0.5, 0.6) is 5.75 Å². The lowest BCUT2D eigenvalue weighted by Crippen LogP contribution is -2.49. The monoisotopic (exact) mass is 489 g/mol. The maximum absolute atomic E-state index is 12.9. The number of hydrogen-bond acceptors (Lipinski definition) is 7. The Morgan fingerprint density at radius 1 is 1.11 bits per heavy atom. The van der Waals surface area contributed by atoms with Gasteiger partial charge in [0.25, 0.3) is 0 Å². The largest absolute Gasteiger partial charge is 0.493 e. The standard InChI is InChI=1S/C26H27N5O3S/c1-3-12-31-25(22-17-19-8-7-11-21(33-2)24(19)34-22)27-28-26(31)35-18-23(32)30-15-13-29(14-16-30)20-9-5-4-6-10-20/h3-11,17H,1,12-16,18H2,2H3. The van der Waals surface area contributed by atoms with E-state index in [1.54, 1.807) is 13.2 Å². The van der Waals surface area contributed by atoms with Crippen LogP contribution in [0.1, 0.15) is 0 Å². The minimum atomic E-state index is 0.103. The number of anilines is 1. The molecule has 2 aromatic heterocycles. The molecule has 9 heteroatoms. The number of furan rings is 1. The Balaban J connectivity index is 1.26. The van der Waals surface area contributed by atoms with Gasteiger partial charge in [0, 0.05) is 43.8 Å². The number of allylic oxidation sites excluding steroid dienone is 1. The van der Waals surface area contributed by atoms with Crippen molar-refractivity contribution < 1.29 is 13.9 Å². The lowest BCUT2D eigenvalue weighted by atomic mass is 10.2. The van der Waals surface area contributed by atoms with Crippen molar-refractivity contribution in [1.82, 2.24) is 19.7 Å². The molecule has 0 bridgehead atoms. The van der Waals surface area contributed by atoms with Crippen LogP contribution in [-0.4, -0.2) is 64.6 Å². The molecule has 0 spiro atoms. The lowest BCUT2D eigenvalue weighted by Gasteiger charge is -2.36. The van der Waals surface area contributed by atoms with Crippen molar-refractivity contribution in [2.45, 2.75) is 11.7 Å². The van der Waals surface area contributed by atoms with E-state index in [-0.39, 0.29) is 5.91 Å². The maximum Gasteiger partial charge on any atom is 0.233 e. The van der Waals surface area contributed by atoms with E-state index >= 15 is 0 Å². The molecule has 0 saturated carbocycles. The summed E-state index contributed by atoms with van der Waals surface area (Å²) in [6.45, 7) is 7.44. The summed E-state index contributed by atoms with van der Waals surface area (Å²) < 4.78 is 13.4. The first-order valence-corrected chi connectivity index (χ1v) is 12.5. The van der Waals surface area contributed by atoms with E-state index in [1.165, 1.54) is 17.4 Å². The third-order valence-corrected chi connectivity index (χ3v) is 7.01. The molecule has 2 aromatic carbocycles.